The minimum Gasteiger partial charge on any atom is -0.461 e. The Morgan fingerprint density at radius 2 is 2.06 bits per heavy atom. The predicted octanol–water partition coefficient (Wildman–Crippen LogP) is 0.135. The highest BCUT2D eigenvalue weighted by Crippen LogP contribution is 2.04. The lowest BCUT2D eigenvalue weighted by atomic mass is 10.2. The largest absolute Gasteiger partial charge is 0.461 e. The molecule has 1 amide bonds. The van der Waals surface area contributed by atoms with Crippen molar-refractivity contribution in [2.45, 2.75) is 32.4 Å². The molecule has 0 aliphatic carbocycles. The molecule has 0 radical (unpaired) electrons. The van der Waals surface area contributed by atoms with Crippen LogP contribution >= 0.6 is 11.8 Å². The summed E-state index contributed by atoms with van der Waals surface area (Å²) in [6.07, 6.45) is 2.31. The Balaban J connectivity index is 4.28. The number of esters is 1. The van der Waals surface area contributed by atoms with Crippen molar-refractivity contribution in [1.29, 1.82) is 0 Å². The van der Waals surface area contributed by atoms with Crippen molar-refractivity contribution in [2.75, 3.05) is 18.6 Å². The van der Waals surface area contributed by atoms with Gasteiger partial charge in [0, 0.05) is 0 Å². The number of hydrogen-bond acceptors (Lipinski definition) is 5. The fraction of sp³-hybridized carbons (Fsp3) is 0.800. The maximum absolute atomic E-state index is 11.6. The van der Waals surface area contributed by atoms with Crippen LogP contribution < -0.4 is 11.1 Å². The summed E-state index contributed by atoms with van der Waals surface area (Å²) in [4.78, 5) is 22.7. The first kappa shape index (κ1) is 15.2. The lowest BCUT2D eigenvalue weighted by molar-refractivity contribution is -0.151. The molecule has 0 aromatic carbocycles. The number of ether oxygens (including phenoxy) is 1. The van der Waals surface area contributed by atoms with E-state index in [4.69, 9.17) is 10.5 Å². The highest BCUT2D eigenvalue weighted by atomic mass is 32.2. The molecule has 0 aromatic rings. The molecule has 3 N–H and O–H groups in total. The van der Waals surface area contributed by atoms with Crippen LogP contribution in [0.4, 0.5) is 0 Å². The number of nitrogens with one attached hydrogen (secondary N) is 1. The van der Waals surface area contributed by atoms with Gasteiger partial charge >= 0.3 is 5.97 Å². The van der Waals surface area contributed by atoms with Crippen molar-refractivity contribution in [2.24, 2.45) is 5.73 Å². The number of carbonyl (C=O) groups is 2. The molecule has 6 heteroatoms. The molecule has 0 fully saturated rings. The smallest absolute Gasteiger partial charge is 0.328 e. The SMILES string of the molecule is CSCCC(NC(=O)CN)C(=O)OC(C)C. The zero-order valence-corrected chi connectivity index (χ0v) is 10.8. The average molecular weight is 248 g/mol. The van der Waals surface area contributed by atoms with E-state index in [1.165, 1.54) is 0 Å². The van der Waals surface area contributed by atoms with Crippen LogP contribution in [0.1, 0.15) is 20.3 Å². The van der Waals surface area contributed by atoms with Crippen LogP contribution in [-0.4, -0.2) is 42.6 Å². The molecule has 5 nitrogen and oxygen atoms in total. The molecule has 0 saturated carbocycles. The van der Waals surface area contributed by atoms with E-state index in [-0.39, 0.29) is 18.6 Å². The molecule has 0 aliphatic heterocycles. The molecule has 0 aliphatic rings. The first-order valence-corrected chi connectivity index (χ1v) is 6.59. The van der Waals surface area contributed by atoms with Crippen molar-refractivity contribution >= 4 is 23.6 Å². The van der Waals surface area contributed by atoms with Crippen molar-refractivity contribution < 1.29 is 14.3 Å². The molecule has 1 unspecified atom stereocenters. The average Bonchev–Trinajstić information content (AvgIpc) is 2.22. The monoisotopic (exact) mass is 248 g/mol. The van der Waals surface area contributed by atoms with Crippen LogP contribution in [0.5, 0.6) is 0 Å². The number of rotatable bonds is 7. The second kappa shape index (κ2) is 8.41. The van der Waals surface area contributed by atoms with Gasteiger partial charge in [-0.2, -0.15) is 11.8 Å². The normalized spacial score (nSPS) is 12.3. The fourth-order valence-corrected chi connectivity index (χ4v) is 1.52. The number of carbonyl (C=O) groups excluding carboxylic acids is 2. The van der Waals surface area contributed by atoms with Gasteiger partial charge < -0.3 is 15.8 Å². The Morgan fingerprint density at radius 3 is 2.50 bits per heavy atom. The van der Waals surface area contributed by atoms with Gasteiger partial charge in [-0.25, -0.2) is 4.79 Å². The van der Waals surface area contributed by atoms with Crippen molar-refractivity contribution in [3.05, 3.63) is 0 Å². The summed E-state index contributed by atoms with van der Waals surface area (Å²) < 4.78 is 5.05. The Bertz CT molecular complexity index is 234. The van der Waals surface area contributed by atoms with Crippen LogP contribution in [0, 0.1) is 0 Å². The second-order valence-electron chi connectivity index (χ2n) is 3.59. The second-order valence-corrected chi connectivity index (χ2v) is 4.58. The third-order valence-corrected chi connectivity index (χ3v) is 2.41. The Kier molecular flexibility index (Phi) is 8.01. The molecule has 1 atom stereocenters. The molecule has 0 saturated heterocycles. The summed E-state index contributed by atoms with van der Waals surface area (Å²) in [5, 5.41) is 2.55. The summed E-state index contributed by atoms with van der Waals surface area (Å²) in [6.45, 7) is 3.42. The maximum Gasteiger partial charge on any atom is 0.328 e. The predicted molar refractivity (Wildman–Crippen MR) is 65.2 cm³/mol. The molecule has 0 bridgehead atoms. The molecular weight excluding hydrogens is 228 g/mol. The van der Waals surface area contributed by atoms with Crippen molar-refractivity contribution in [1.82, 2.24) is 5.32 Å². The van der Waals surface area contributed by atoms with Gasteiger partial charge in [-0.15, -0.1) is 0 Å². The van der Waals surface area contributed by atoms with E-state index in [2.05, 4.69) is 5.32 Å². The quantitative estimate of drug-likeness (QED) is 0.626. The van der Waals surface area contributed by atoms with E-state index in [0.29, 0.717) is 6.42 Å². The van der Waals surface area contributed by atoms with Gasteiger partial charge in [0.1, 0.15) is 6.04 Å². The zero-order valence-electron chi connectivity index (χ0n) is 9.99. The highest BCUT2D eigenvalue weighted by molar-refractivity contribution is 7.98. The number of nitrogens with two attached hydrogens (primary N) is 1. The summed E-state index contributed by atoms with van der Waals surface area (Å²) in [5.41, 5.74) is 5.18. The molecular formula is C10H20N2O3S. The van der Waals surface area contributed by atoms with Crippen LogP contribution in [0.15, 0.2) is 0 Å². The molecule has 0 spiro atoms. The highest BCUT2D eigenvalue weighted by Gasteiger charge is 2.21. The summed E-state index contributed by atoms with van der Waals surface area (Å²) in [7, 11) is 0. The van der Waals surface area contributed by atoms with Gasteiger partial charge in [0.2, 0.25) is 5.91 Å². The van der Waals surface area contributed by atoms with E-state index in [1.54, 1.807) is 25.6 Å². The first-order valence-electron chi connectivity index (χ1n) is 5.20. The maximum atomic E-state index is 11.6. The molecule has 94 valence electrons. The van der Waals surface area contributed by atoms with E-state index in [1.807, 2.05) is 6.26 Å². The topological polar surface area (TPSA) is 81.4 Å². The number of thioether (sulfide) groups is 1. The van der Waals surface area contributed by atoms with Gasteiger partial charge in [0.05, 0.1) is 12.6 Å². The van der Waals surface area contributed by atoms with Crippen molar-refractivity contribution in [3.8, 4) is 0 Å². The lowest BCUT2D eigenvalue weighted by Gasteiger charge is -2.18. The van der Waals surface area contributed by atoms with Crippen LogP contribution in [0.25, 0.3) is 0 Å². The standard InChI is InChI=1S/C10H20N2O3S/c1-7(2)15-10(14)8(4-5-16-3)12-9(13)6-11/h7-8H,4-6,11H2,1-3H3,(H,12,13). The van der Waals surface area contributed by atoms with Crippen LogP contribution in [0.3, 0.4) is 0 Å². The molecule has 0 heterocycles. The molecule has 16 heavy (non-hydrogen) atoms. The minimum absolute atomic E-state index is 0.120. The van der Waals surface area contributed by atoms with Gasteiger partial charge in [-0.3, -0.25) is 4.79 Å². The first-order chi connectivity index (χ1) is 7.51. The van der Waals surface area contributed by atoms with E-state index < -0.39 is 12.0 Å². The minimum atomic E-state index is -0.592. The van der Waals surface area contributed by atoms with Crippen molar-refractivity contribution in [3.63, 3.8) is 0 Å². The van der Waals surface area contributed by atoms with E-state index >= 15 is 0 Å². The van der Waals surface area contributed by atoms with Gasteiger partial charge in [0.25, 0.3) is 0 Å². The third-order valence-electron chi connectivity index (χ3n) is 1.77. The number of hydrogen-bond donors (Lipinski definition) is 2. The van der Waals surface area contributed by atoms with Crippen LogP contribution in [0.2, 0.25) is 0 Å². The van der Waals surface area contributed by atoms with Gasteiger partial charge in [0.15, 0.2) is 0 Å². The summed E-state index contributed by atoms with van der Waals surface area (Å²) in [5.74, 6) is 0.0422. The summed E-state index contributed by atoms with van der Waals surface area (Å²) in [6, 6.07) is -0.592. The summed E-state index contributed by atoms with van der Waals surface area (Å²) >= 11 is 1.61. The molecule has 0 rings (SSSR count). The number of amides is 1. The van der Waals surface area contributed by atoms with Crippen LogP contribution in [-0.2, 0) is 14.3 Å². The van der Waals surface area contributed by atoms with E-state index in [0.717, 1.165) is 5.75 Å². The Hall–Kier alpha value is -0.750. The van der Waals surface area contributed by atoms with Gasteiger partial charge in [-0.1, -0.05) is 0 Å². The van der Waals surface area contributed by atoms with E-state index in [9.17, 15) is 9.59 Å². The van der Waals surface area contributed by atoms with Gasteiger partial charge in [-0.05, 0) is 32.3 Å². The Morgan fingerprint density at radius 1 is 1.44 bits per heavy atom. The third kappa shape index (κ3) is 6.68. The zero-order chi connectivity index (χ0) is 12.6. The Labute approximate surface area is 100 Å². The lowest BCUT2D eigenvalue weighted by Crippen LogP contribution is -2.45. The fourth-order valence-electron chi connectivity index (χ4n) is 1.05. The molecule has 0 aromatic heterocycles.